The third kappa shape index (κ3) is 4.12. The highest BCUT2D eigenvalue weighted by molar-refractivity contribution is 7.11. The largest absolute Gasteiger partial charge is 0.347 e. The van der Waals surface area contributed by atoms with Crippen LogP contribution >= 0.6 is 11.3 Å². The third-order valence-corrected chi connectivity index (χ3v) is 3.56. The van der Waals surface area contributed by atoms with E-state index in [1.165, 1.54) is 29.5 Å². The van der Waals surface area contributed by atoms with Crippen LogP contribution in [0.2, 0.25) is 0 Å². The minimum absolute atomic E-state index is 0.151. The van der Waals surface area contributed by atoms with E-state index < -0.39 is 5.82 Å². The molecule has 2 rings (SSSR count). The summed E-state index contributed by atoms with van der Waals surface area (Å²) in [6.07, 6.45) is 1.72. The maximum Gasteiger partial charge on any atom is 0.252 e. The van der Waals surface area contributed by atoms with Crippen LogP contribution in [-0.4, -0.2) is 17.4 Å². The van der Waals surface area contributed by atoms with Crippen molar-refractivity contribution >= 4 is 17.2 Å². The molecule has 0 aliphatic rings. The van der Waals surface area contributed by atoms with Gasteiger partial charge in [0.1, 0.15) is 5.82 Å². The molecule has 0 atom stereocenters. The van der Waals surface area contributed by atoms with Gasteiger partial charge in [0.15, 0.2) is 0 Å². The summed E-state index contributed by atoms with van der Waals surface area (Å²) in [6.45, 7) is 2.43. The number of nitrogens with one attached hydrogen (secondary N) is 1. The lowest BCUT2D eigenvalue weighted by molar-refractivity contribution is 0.0951. The number of rotatable bonds is 3. The molecule has 1 heterocycles. The summed E-state index contributed by atoms with van der Waals surface area (Å²) in [7, 11) is 0. The van der Waals surface area contributed by atoms with E-state index in [4.69, 9.17) is 5.73 Å². The Bertz CT molecular complexity index is 715. The Kier molecular flexibility index (Phi) is 5.04. The minimum Gasteiger partial charge on any atom is -0.347 e. The van der Waals surface area contributed by atoms with Crippen LogP contribution in [0.15, 0.2) is 24.4 Å². The molecule has 0 fully saturated rings. The zero-order valence-corrected chi connectivity index (χ0v) is 12.3. The smallest absolute Gasteiger partial charge is 0.252 e. The molecule has 2 aromatic rings. The molecule has 6 heteroatoms. The predicted octanol–water partition coefficient (Wildman–Crippen LogP) is 1.83. The molecule has 4 nitrogen and oxygen atoms in total. The Hall–Kier alpha value is -2.23. The normalized spacial score (nSPS) is 9.86. The fraction of sp³-hybridized carbons (Fsp3) is 0.200. The molecule has 0 saturated carbocycles. The minimum atomic E-state index is -0.439. The molecule has 21 heavy (non-hydrogen) atoms. The SMILES string of the molecule is Cc1ncc(CNC(=O)c2ccc(F)cc2C#CCN)s1. The van der Waals surface area contributed by atoms with Crippen molar-refractivity contribution in [3.63, 3.8) is 0 Å². The maximum absolute atomic E-state index is 13.3. The first kappa shape index (κ1) is 15.2. The number of halogens is 1. The van der Waals surface area contributed by atoms with Gasteiger partial charge >= 0.3 is 0 Å². The second kappa shape index (κ2) is 6.97. The number of benzene rings is 1. The zero-order chi connectivity index (χ0) is 15.2. The van der Waals surface area contributed by atoms with E-state index >= 15 is 0 Å². The molecular formula is C15H14FN3OS. The lowest BCUT2D eigenvalue weighted by Crippen LogP contribution is -2.23. The average Bonchev–Trinajstić information content (AvgIpc) is 2.88. The van der Waals surface area contributed by atoms with Crippen molar-refractivity contribution in [3.8, 4) is 11.8 Å². The van der Waals surface area contributed by atoms with E-state index in [-0.39, 0.29) is 12.5 Å². The summed E-state index contributed by atoms with van der Waals surface area (Å²) < 4.78 is 13.3. The Morgan fingerprint density at radius 3 is 3.00 bits per heavy atom. The highest BCUT2D eigenvalue weighted by atomic mass is 32.1. The van der Waals surface area contributed by atoms with Crippen LogP contribution in [0, 0.1) is 24.6 Å². The first-order valence-electron chi connectivity index (χ1n) is 6.28. The summed E-state index contributed by atoms with van der Waals surface area (Å²) in [6, 6.07) is 3.89. The highest BCUT2D eigenvalue weighted by Crippen LogP contribution is 2.13. The summed E-state index contributed by atoms with van der Waals surface area (Å²) >= 11 is 1.52. The number of aryl methyl sites for hydroxylation is 1. The van der Waals surface area contributed by atoms with Crippen LogP contribution in [0.25, 0.3) is 0 Å². The van der Waals surface area contributed by atoms with E-state index in [0.29, 0.717) is 17.7 Å². The van der Waals surface area contributed by atoms with Crippen molar-refractivity contribution in [2.24, 2.45) is 5.73 Å². The van der Waals surface area contributed by atoms with Gasteiger partial charge in [-0.2, -0.15) is 0 Å². The molecule has 0 aliphatic heterocycles. The van der Waals surface area contributed by atoms with Crippen LogP contribution in [-0.2, 0) is 6.54 Å². The molecule has 3 N–H and O–H groups in total. The monoisotopic (exact) mass is 303 g/mol. The van der Waals surface area contributed by atoms with Gasteiger partial charge in [-0.3, -0.25) is 4.79 Å². The number of nitrogens with zero attached hydrogens (tertiary/aromatic N) is 1. The molecule has 108 valence electrons. The van der Waals surface area contributed by atoms with Gasteiger partial charge in [-0.05, 0) is 25.1 Å². The highest BCUT2D eigenvalue weighted by Gasteiger charge is 2.11. The standard InChI is InChI=1S/C15H14FN3OS/c1-10-18-8-13(21-10)9-19-15(20)14-5-4-12(16)7-11(14)3-2-6-17/h4-5,7-8H,6,9,17H2,1H3,(H,19,20). The number of nitrogens with two attached hydrogens (primary N) is 1. The summed E-state index contributed by atoms with van der Waals surface area (Å²) in [4.78, 5) is 17.2. The van der Waals surface area contributed by atoms with Crippen molar-refractivity contribution in [2.45, 2.75) is 13.5 Å². The van der Waals surface area contributed by atoms with Crippen LogP contribution in [0.3, 0.4) is 0 Å². The van der Waals surface area contributed by atoms with Gasteiger partial charge in [-0.1, -0.05) is 11.8 Å². The Morgan fingerprint density at radius 1 is 1.52 bits per heavy atom. The number of carbonyl (C=O) groups excluding carboxylic acids is 1. The fourth-order valence-corrected chi connectivity index (χ4v) is 2.45. The summed E-state index contributed by atoms with van der Waals surface area (Å²) in [5, 5.41) is 3.72. The molecule has 0 unspecified atom stereocenters. The summed E-state index contributed by atoms with van der Waals surface area (Å²) in [5.74, 6) is 4.60. The van der Waals surface area contributed by atoms with Crippen LogP contribution in [0.5, 0.6) is 0 Å². The Labute approximate surface area is 126 Å². The topological polar surface area (TPSA) is 68.0 Å². The molecule has 0 spiro atoms. The second-order valence-corrected chi connectivity index (χ2v) is 5.54. The first-order chi connectivity index (χ1) is 10.1. The quantitative estimate of drug-likeness (QED) is 0.850. The molecule has 1 aromatic carbocycles. The van der Waals surface area contributed by atoms with Crippen molar-refractivity contribution < 1.29 is 9.18 Å². The molecular weight excluding hydrogens is 289 g/mol. The van der Waals surface area contributed by atoms with Crippen molar-refractivity contribution in [1.29, 1.82) is 0 Å². The van der Waals surface area contributed by atoms with E-state index in [0.717, 1.165) is 9.88 Å². The van der Waals surface area contributed by atoms with E-state index in [2.05, 4.69) is 22.1 Å². The first-order valence-corrected chi connectivity index (χ1v) is 7.10. The number of amides is 1. The molecule has 0 aliphatic carbocycles. The Balaban J connectivity index is 2.14. The lowest BCUT2D eigenvalue weighted by Gasteiger charge is -2.06. The van der Waals surface area contributed by atoms with Gasteiger partial charge in [0.25, 0.3) is 5.91 Å². The molecule has 1 amide bonds. The fourth-order valence-electron chi connectivity index (χ4n) is 1.71. The van der Waals surface area contributed by atoms with Crippen molar-refractivity contribution in [1.82, 2.24) is 10.3 Å². The third-order valence-electron chi connectivity index (χ3n) is 2.64. The van der Waals surface area contributed by atoms with Gasteiger partial charge < -0.3 is 11.1 Å². The van der Waals surface area contributed by atoms with Gasteiger partial charge in [0.05, 0.1) is 23.7 Å². The predicted molar refractivity (Wildman–Crippen MR) is 80.4 cm³/mol. The second-order valence-electron chi connectivity index (χ2n) is 4.22. The van der Waals surface area contributed by atoms with Gasteiger partial charge in [-0.25, -0.2) is 9.37 Å². The van der Waals surface area contributed by atoms with Gasteiger partial charge in [-0.15, -0.1) is 11.3 Å². The number of thiazole rings is 1. The number of hydrogen-bond acceptors (Lipinski definition) is 4. The van der Waals surface area contributed by atoms with Crippen molar-refractivity contribution in [2.75, 3.05) is 6.54 Å². The van der Waals surface area contributed by atoms with Crippen LogP contribution in [0.4, 0.5) is 4.39 Å². The molecule has 0 radical (unpaired) electrons. The van der Waals surface area contributed by atoms with Crippen molar-refractivity contribution in [3.05, 3.63) is 51.2 Å². The number of carbonyl (C=O) groups is 1. The van der Waals surface area contributed by atoms with Gasteiger partial charge in [0.2, 0.25) is 0 Å². The van der Waals surface area contributed by atoms with E-state index in [1.807, 2.05) is 6.92 Å². The summed E-state index contributed by atoms with van der Waals surface area (Å²) in [5.41, 5.74) is 5.97. The zero-order valence-electron chi connectivity index (χ0n) is 11.4. The number of aromatic nitrogens is 1. The maximum atomic E-state index is 13.3. The van der Waals surface area contributed by atoms with Crippen LogP contribution < -0.4 is 11.1 Å². The van der Waals surface area contributed by atoms with Crippen LogP contribution in [0.1, 0.15) is 25.8 Å². The Morgan fingerprint density at radius 2 is 2.33 bits per heavy atom. The number of hydrogen-bond donors (Lipinski definition) is 2. The lowest BCUT2D eigenvalue weighted by atomic mass is 10.1. The molecule has 0 bridgehead atoms. The van der Waals surface area contributed by atoms with E-state index in [1.54, 1.807) is 6.20 Å². The van der Waals surface area contributed by atoms with Gasteiger partial charge in [0, 0.05) is 16.6 Å². The molecule has 1 aromatic heterocycles. The molecule has 0 saturated heterocycles. The van der Waals surface area contributed by atoms with E-state index in [9.17, 15) is 9.18 Å². The average molecular weight is 303 g/mol.